The van der Waals surface area contributed by atoms with E-state index in [1.165, 1.54) is 11.3 Å². The van der Waals surface area contributed by atoms with Crippen LogP contribution in [0, 0.1) is 5.41 Å². The number of nitrogens with one attached hydrogen (secondary N) is 1. The van der Waals surface area contributed by atoms with E-state index in [0.717, 1.165) is 23.4 Å². The van der Waals surface area contributed by atoms with Crippen molar-refractivity contribution in [3.8, 4) is 0 Å². The van der Waals surface area contributed by atoms with Crippen LogP contribution in [-0.2, 0) is 9.59 Å². The minimum atomic E-state index is -1.00. The number of imide groups is 2. The highest BCUT2D eigenvalue weighted by molar-refractivity contribution is 7.14. The minimum absolute atomic E-state index is 0.378. The molecule has 2 aliphatic carbocycles. The average molecular weight is 277 g/mol. The summed E-state index contributed by atoms with van der Waals surface area (Å²) in [5.41, 5.74) is -0.0541. The van der Waals surface area contributed by atoms with Gasteiger partial charge in [-0.25, -0.2) is 14.7 Å². The molecule has 1 aromatic heterocycles. The molecule has 4 amide bonds. The third-order valence-corrected chi connectivity index (χ3v) is 4.76. The maximum Gasteiger partial charge on any atom is 0.337 e. The summed E-state index contributed by atoms with van der Waals surface area (Å²) in [7, 11) is 0. The Morgan fingerprint density at radius 1 is 1.32 bits per heavy atom. The Morgan fingerprint density at radius 2 is 2.05 bits per heavy atom. The molecule has 6 nitrogen and oxygen atoms in total. The van der Waals surface area contributed by atoms with E-state index in [0.29, 0.717) is 23.9 Å². The maximum atomic E-state index is 12.3. The summed E-state index contributed by atoms with van der Waals surface area (Å²) < 4.78 is 0. The predicted octanol–water partition coefficient (Wildman–Crippen LogP) is 1.38. The smallest absolute Gasteiger partial charge is 0.276 e. The summed E-state index contributed by atoms with van der Waals surface area (Å²) in [6, 6.07) is -0.677. The molecule has 1 N–H and O–H groups in total. The molecule has 0 bridgehead atoms. The van der Waals surface area contributed by atoms with Crippen molar-refractivity contribution >= 4 is 34.3 Å². The Balaban J connectivity index is 1.70. The molecule has 0 unspecified atom stereocenters. The molecule has 98 valence electrons. The first-order valence-corrected chi connectivity index (χ1v) is 7.15. The van der Waals surface area contributed by atoms with Crippen LogP contribution in [0.25, 0.3) is 0 Å². The second kappa shape index (κ2) is 3.41. The van der Waals surface area contributed by atoms with E-state index in [1.54, 1.807) is 0 Å². The van der Waals surface area contributed by atoms with E-state index >= 15 is 0 Å². The summed E-state index contributed by atoms with van der Waals surface area (Å²) in [6.45, 7) is 0. The van der Waals surface area contributed by atoms with Crippen LogP contribution in [0.15, 0.2) is 5.38 Å². The van der Waals surface area contributed by atoms with Gasteiger partial charge in [0.05, 0.1) is 5.69 Å². The van der Waals surface area contributed by atoms with Crippen molar-refractivity contribution < 1.29 is 14.4 Å². The lowest BCUT2D eigenvalue weighted by Gasteiger charge is -2.28. The molecule has 4 rings (SSSR count). The molecule has 2 heterocycles. The van der Waals surface area contributed by atoms with E-state index in [1.807, 2.05) is 5.38 Å². The fourth-order valence-corrected chi connectivity index (χ4v) is 3.26. The Labute approximate surface area is 112 Å². The Bertz CT molecular complexity index is 615. The fraction of sp³-hybridized carbons (Fsp3) is 0.500. The molecule has 0 aromatic carbocycles. The molecule has 1 spiro atoms. The standard InChI is InChI=1S/C12H11N3O3S/c16-8-12(3-4-12)9(17)15(10(18)14-8)11-13-7(5-19-11)6-1-2-6/h5-6H,1-4H2,(H,14,16,18). The first kappa shape index (κ1) is 11.1. The lowest BCUT2D eigenvalue weighted by Crippen LogP contribution is -2.59. The van der Waals surface area contributed by atoms with Gasteiger partial charge in [-0.2, -0.15) is 0 Å². The number of nitrogens with zero attached hydrogens (tertiary/aromatic N) is 2. The molecular weight excluding hydrogens is 266 g/mol. The quantitative estimate of drug-likeness (QED) is 0.828. The lowest BCUT2D eigenvalue weighted by atomic mass is 10.0. The van der Waals surface area contributed by atoms with E-state index in [-0.39, 0.29) is 0 Å². The summed E-state index contributed by atoms with van der Waals surface area (Å²) >= 11 is 1.28. The van der Waals surface area contributed by atoms with Crippen LogP contribution in [0.4, 0.5) is 9.93 Å². The van der Waals surface area contributed by atoms with Gasteiger partial charge in [-0.15, -0.1) is 11.3 Å². The number of thiazole rings is 1. The molecule has 3 aliphatic rings. The van der Waals surface area contributed by atoms with Gasteiger partial charge < -0.3 is 0 Å². The number of anilines is 1. The molecule has 3 fully saturated rings. The molecule has 2 saturated carbocycles. The summed E-state index contributed by atoms with van der Waals surface area (Å²) in [5.74, 6) is -0.403. The molecule has 0 atom stereocenters. The zero-order valence-electron chi connectivity index (χ0n) is 10.0. The number of aromatic nitrogens is 1. The Morgan fingerprint density at radius 3 is 2.68 bits per heavy atom. The van der Waals surface area contributed by atoms with E-state index in [4.69, 9.17) is 0 Å². The number of urea groups is 1. The van der Waals surface area contributed by atoms with Crippen molar-refractivity contribution in [3.05, 3.63) is 11.1 Å². The molecule has 1 saturated heterocycles. The fourth-order valence-electron chi connectivity index (χ4n) is 2.36. The van der Waals surface area contributed by atoms with Gasteiger partial charge >= 0.3 is 6.03 Å². The van der Waals surface area contributed by atoms with Gasteiger partial charge in [0.2, 0.25) is 11.0 Å². The van der Waals surface area contributed by atoms with Gasteiger partial charge in [-0.3, -0.25) is 14.9 Å². The molecule has 0 radical (unpaired) electrons. The molecule has 19 heavy (non-hydrogen) atoms. The lowest BCUT2D eigenvalue weighted by molar-refractivity contribution is -0.136. The van der Waals surface area contributed by atoms with Crippen molar-refractivity contribution in [2.75, 3.05) is 4.90 Å². The second-order valence-electron chi connectivity index (χ2n) is 5.31. The molecule has 1 aromatic rings. The van der Waals surface area contributed by atoms with Crippen LogP contribution in [0.1, 0.15) is 37.3 Å². The highest BCUT2D eigenvalue weighted by atomic mass is 32.1. The highest BCUT2D eigenvalue weighted by Crippen LogP contribution is 2.50. The van der Waals surface area contributed by atoms with Crippen molar-refractivity contribution in [1.29, 1.82) is 0 Å². The van der Waals surface area contributed by atoms with Crippen molar-refractivity contribution in [1.82, 2.24) is 10.3 Å². The molecule has 1 aliphatic heterocycles. The normalized spacial score (nSPS) is 24.8. The maximum absolute atomic E-state index is 12.3. The zero-order chi connectivity index (χ0) is 13.2. The zero-order valence-corrected chi connectivity index (χ0v) is 10.8. The first-order chi connectivity index (χ1) is 9.12. The highest BCUT2D eigenvalue weighted by Gasteiger charge is 2.63. The average Bonchev–Trinajstić information content (AvgIpc) is 3.28. The number of rotatable bonds is 2. The third-order valence-electron chi connectivity index (χ3n) is 3.92. The topological polar surface area (TPSA) is 79.4 Å². The number of hydrogen-bond donors (Lipinski definition) is 1. The van der Waals surface area contributed by atoms with Crippen molar-refractivity contribution in [2.45, 2.75) is 31.6 Å². The van der Waals surface area contributed by atoms with E-state index in [9.17, 15) is 14.4 Å². The van der Waals surface area contributed by atoms with Gasteiger partial charge in [0, 0.05) is 11.3 Å². The van der Waals surface area contributed by atoms with Crippen LogP contribution in [-0.4, -0.2) is 22.8 Å². The molecular formula is C12H11N3O3S. The first-order valence-electron chi connectivity index (χ1n) is 6.27. The number of barbiturate groups is 1. The van der Waals surface area contributed by atoms with Crippen molar-refractivity contribution in [3.63, 3.8) is 0 Å². The Hall–Kier alpha value is -1.76. The monoisotopic (exact) mass is 277 g/mol. The van der Waals surface area contributed by atoms with Crippen LogP contribution >= 0.6 is 11.3 Å². The Kier molecular flexibility index (Phi) is 1.99. The summed E-state index contributed by atoms with van der Waals surface area (Å²) in [5, 5.41) is 4.53. The minimum Gasteiger partial charge on any atom is -0.276 e. The molecule has 7 heteroatoms. The SMILES string of the molecule is O=C1NC(=O)C2(CC2)C(=O)N1c1nc(C2CC2)cs1. The van der Waals surface area contributed by atoms with Gasteiger partial charge in [0.15, 0.2) is 0 Å². The van der Waals surface area contributed by atoms with Gasteiger partial charge in [0.25, 0.3) is 5.91 Å². The van der Waals surface area contributed by atoms with Crippen molar-refractivity contribution in [2.24, 2.45) is 5.41 Å². The van der Waals surface area contributed by atoms with E-state index < -0.39 is 23.3 Å². The largest absolute Gasteiger partial charge is 0.337 e. The van der Waals surface area contributed by atoms with Crippen LogP contribution in [0.2, 0.25) is 0 Å². The van der Waals surface area contributed by atoms with Crippen LogP contribution < -0.4 is 10.2 Å². The van der Waals surface area contributed by atoms with Gasteiger partial charge in [-0.1, -0.05) is 0 Å². The second-order valence-corrected chi connectivity index (χ2v) is 6.15. The number of amides is 4. The summed E-state index contributed by atoms with van der Waals surface area (Å²) in [6.07, 6.45) is 3.27. The third kappa shape index (κ3) is 1.48. The van der Waals surface area contributed by atoms with E-state index in [2.05, 4.69) is 10.3 Å². The number of hydrogen-bond acceptors (Lipinski definition) is 5. The number of carbonyl (C=O) groups excluding carboxylic acids is 3. The van der Waals surface area contributed by atoms with Crippen LogP contribution in [0.5, 0.6) is 0 Å². The number of carbonyl (C=O) groups is 3. The predicted molar refractivity (Wildman–Crippen MR) is 66.8 cm³/mol. The summed E-state index contributed by atoms with van der Waals surface area (Å²) in [4.78, 5) is 41.3. The van der Waals surface area contributed by atoms with Gasteiger partial charge in [0.1, 0.15) is 5.41 Å². The van der Waals surface area contributed by atoms with Gasteiger partial charge in [-0.05, 0) is 25.7 Å². The van der Waals surface area contributed by atoms with Crippen LogP contribution in [0.3, 0.4) is 0 Å².